The number of aryl methyl sites for hydroxylation is 1. The van der Waals surface area contributed by atoms with Crippen LogP contribution in [0, 0.1) is 6.92 Å². The Hall–Kier alpha value is -4.44. The minimum atomic E-state index is -1.06. The van der Waals surface area contributed by atoms with Crippen molar-refractivity contribution in [3.8, 4) is 11.5 Å². The number of phenolic OH excluding ortho intramolecular Hbond substituents is 1. The lowest BCUT2D eigenvalue weighted by Gasteiger charge is -2.23. The highest BCUT2D eigenvalue weighted by atomic mass is 32.1. The van der Waals surface area contributed by atoms with E-state index >= 15 is 0 Å². The number of aliphatic hydroxyl groups is 1. The molecule has 0 saturated carbocycles. The largest absolute Gasteiger partial charge is 0.508 e. The lowest BCUT2D eigenvalue weighted by Crippen LogP contribution is -2.29. The minimum Gasteiger partial charge on any atom is -0.508 e. The van der Waals surface area contributed by atoms with Crippen LogP contribution >= 0.6 is 11.3 Å². The number of aromatic nitrogens is 1. The summed E-state index contributed by atoms with van der Waals surface area (Å²) in [4.78, 5) is 44.7. The zero-order valence-corrected chi connectivity index (χ0v) is 20.9. The first-order valence-corrected chi connectivity index (χ1v) is 12.2. The number of carbonyl (C=O) groups is 3. The fraction of sp³-hybridized carbons (Fsp3) is 0.185. The van der Waals surface area contributed by atoms with E-state index < -0.39 is 23.7 Å². The highest BCUT2D eigenvalue weighted by Gasteiger charge is 2.48. The molecule has 1 saturated heterocycles. The van der Waals surface area contributed by atoms with E-state index in [2.05, 4.69) is 11.6 Å². The highest BCUT2D eigenvalue weighted by molar-refractivity contribution is 7.17. The number of hydrogen-bond donors (Lipinski definition) is 2. The van der Waals surface area contributed by atoms with Crippen molar-refractivity contribution in [1.82, 2.24) is 4.98 Å². The smallest absolute Gasteiger partial charge is 0.350 e. The predicted molar refractivity (Wildman–Crippen MR) is 138 cm³/mol. The maximum atomic E-state index is 13.3. The van der Waals surface area contributed by atoms with Crippen LogP contribution in [0.1, 0.15) is 39.5 Å². The van der Waals surface area contributed by atoms with Crippen LogP contribution < -0.4 is 9.64 Å². The number of nitrogens with zero attached hydrogens (tertiary/aromatic N) is 2. The summed E-state index contributed by atoms with van der Waals surface area (Å²) in [5, 5.41) is 21.1. The zero-order valence-electron chi connectivity index (χ0n) is 20.1. The number of anilines is 1. The van der Waals surface area contributed by atoms with Crippen LogP contribution in [0.5, 0.6) is 11.5 Å². The molecule has 1 aliphatic rings. The first-order valence-electron chi connectivity index (χ1n) is 11.3. The van der Waals surface area contributed by atoms with Gasteiger partial charge in [0.15, 0.2) is 5.13 Å². The molecule has 3 aromatic rings. The molecule has 37 heavy (non-hydrogen) atoms. The van der Waals surface area contributed by atoms with Gasteiger partial charge in [-0.05, 0) is 55.8 Å². The van der Waals surface area contributed by atoms with Crippen molar-refractivity contribution in [2.24, 2.45) is 0 Å². The fourth-order valence-electron chi connectivity index (χ4n) is 3.89. The van der Waals surface area contributed by atoms with Gasteiger partial charge in [-0.25, -0.2) is 9.78 Å². The highest BCUT2D eigenvalue weighted by Crippen LogP contribution is 2.44. The Bertz CT molecular complexity index is 1390. The Kier molecular flexibility index (Phi) is 7.40. The molecular formula is C27H24N2O7S. The molecule has 1 aliphatic heterocycles. The maximum absolute atomic E-state index is 13.3. The molecule has 0 spiro atoms. The fourth-order valence-corrected chi connectivity index (χ4v) is 4.88. The lowest BCUT2D eigenvalue weighted by molar-refractivity contribution is -0.132. The maximum Gasteiger partial charge on any atom is 0.350 e. The van der Waals surface area contributed by atoms with Gasteiger partial charge in [-0.3, -0.25) is 14.5 Å². The number of aliphatic hydroxyl groups excluding tert-OH is 1. The number of aromatic hydroxyl groups is 1. The van der Waals surface area contributed by atoms with E-state index in [0.29, 0.717) is 29.2 Å². The third-order valence-corrected chi connectivity index (χ3v) is 6.74. The molecule has 0 unspecified atom stereocenters. The van der Waals surface area contributed by atoms with E-state index in [-0.39, 0.29) is 33.7 Å². The first kappa shape index (κ1) is 25.6. The Balaban J connectivity index is 1.84. The van der Waals surface area contributed by atoms with Crippen molar-refractivity contribution >= 4 is 39.9 Å². The van der Waals surface area contributed by atoms with Gasteiger partial charge < -0.3 is 19.7 Å². The normalized spacial score (nSPS) is 16.6. The van der Waals surface area contributed by atoms with Gasteiger partial charge in [-0.2, -0.15) is 0 Å². The van der Waals surface area contributed by atoms with E-state index in [0.717, 1.165) is 16.2 Å². The number of phenols is 1. The summed E-state index contributed by atoms with van der Waals surface area (Å²) in [6, 6.07) is 11.3. The van der Waals surface area contributed by atoms with Gasteiger partial charge in [0.1, 0.15) is 28.7 Å². The summed E-state index contributed by atoms with van der Waals surface area (Å²) in [6.45, 7) is 7.35. The van der Waals surface area contributed by atoms with Gasteiger partial charge in [0.05, 0.1) is 23.9 Å². The van der Waals surface area contributed by atoms with Crippen LogP contribution in [0.2, 0.25) is 0 Å². The molecule has 0 aliphatic carbocycles. The van der Waals surface area contributed by atoms with Crippen molar-refractivity contribution in [2.45, 2.75) is 19.9 Å². The van der Waals surface area contributed by atoms with E-state index in [1.807, 2.05) is 0 Å². The third kappa shape index (κ3) is 4.96. The molecule has 190 valence electrons. The Morgan fingerprint density at radius 1 is 1.16 bits per heavy atom. The standard InChI is InChI=1S/C27H24N2O7S/c1-4-14-36-19-12-8-17(9-13-19)22(31)20-21(16-6-10-18(30)11-7-16)29(25(33)23(20)32)27-28-15(3)24(37-27)26(34)35-5-2/h4,6-13,21,30-31H,1,5,14H2,2-3H3/t21-/m0/s1. The minimum absolute atomic E-state index is 0.00879. The lowest BCUT2D eigenvalue weighted by atomic mass is 9.95. The van der Waals surface area contributed by atoms with Crippen LogP contribution in [0.3, 0.4) is 0 Å². The molecule has 1 amide bonds. The number of thiazole rings is 1. The molecule has 9 nitrogen and oxygen atoms in total. The van der Waals surface area contributed by atoms with Crippen LogP contribution in [0.25, 0.3) is 5.76 Å². The van der Waals surface area contributed by atoms with Crippen molar-refractivity contribution < 1.29 is 34.1 Å². The van der Waals surface area contributed by atoms with E-state index in [9.17, 15) is 24.6 Å². The predicted octanol–water partition coefficient (Wildman–Crippen LogP) is 4.52. The van der Waals surface area contributed by atoms with Gasteiger partial charge >= 0.3 is 11.9 Å². The second-order valence-electron chi connectivity index (χ2n) is 8.02. The van der Waals surface area contributed by atoms with Crippen molar-refractivity contribution in [3.05, 3.63) is 88.5 Å². The average molecular weight is 521 g/mol. The summed E-state index contributed by atoms with van der Waals surface area (Å²) >= 11 is 0.920. The zero-order chi connectivity index (χ0) is 26.7. The molecule has 0 bridgehead atoms. The van der Waals surface area contributed by atoms with Gasteiger partial charge in [-0.1, -0.05) is 36.1 Å². The molecular weight excluding hydrogens is 496 g/mol. The molecule has 10 heteroatoms. The van der Waals surface area contributed by atoms with E-state index in [1.54, 1.807) is 56.3 Å². The third-order valence-electron chi connectivity index (χ3n) is 5.60. The van der Waals surface area contributed by atoms with E-state index in [1.165, 1.54) is 12.1 Å². The van der Waals surface area contributed by atoms with Crippen LogP contribution in [-0.2, 0) is 14.3 Å². The van der Waals surface area contributed by atoms with Gasteiger partial charge in [0.25, 0.3) is 5.78 Å². The number of carbonyl (C=O) groups excluding carboxylic acids is 3. The van der Waals surface area contributed by atoms with Gasteiger partial charge in [0, 0.05) is 5.56 Å². The van der Waals surface area contributed by atoms with Crippen molar-refractivity contribution in [2.75, 3.05) is 18.1 Å². The second-order valence-corrected chi connectivity index (χ2v) is 8.99. The molecule has 2 heterocycles. The first-order chi connectivity index (χ1) is 17.8. The number of Topliss-reactive ketones (excluding diaryl/α,β-unsaturated/α-hetero) is 1. The Labute approximate surface area is 216 Å². The monoisotopic (exact) mass is 520 g/mol. The SMILES string of the molecule is C=CCOc1ccc(C(O)=C2C(=O)C(=O)N(c3nc(C)c(C(=O)OCC)s3)[C@H]2c2ccc(O)cc2)cc1. The number of rotatable bonds is 8. The summed E-state index contributed by atoms with van der Waals surface area (Å²) in [7, 11) is 0. The number of benzene rings is 2. The quantitative estimate of drug-likeness (QED) is 0.146. The Morgan fingerprint density at radius 3 is 2.46 bits per heavy atom. The summed E-state index contributed by atoms with van der Waals surface area (Å²) < 4.78 is 10.5. The van der Waals surface area contributed by atoms with E-state index in [4.69, 9.17) is 9.47 Å². The molecule has 1 aromatic heterocycles. The number of esters is 1. The summed E-state index contributed by atoms with van der Waals surface area (Å²) in [5.74, 6) is -2.25. The van der Waals surface area contributed by atoms with Crippen LogP contribution in [0.15, 0.2) is 66.8 Å². The molecule has 0 radical (unpaired) electrons. The van der Waals surface area contributed by atoms with Crippen LogP contribution in [-0.4, -0.2) is 46.1 Å². The second kappa shape index (κ2) is 10.7. The Morgan fingerprint density at radius 2 is 1.84 bits per heavy atom. The van der Waals surface area contributed by atoms with Gasteiger partial charge in [-0.15, -0.1) is 0 Å². The average Bonchev–Trinajstić information content (AvgIpc) is 3.40. The molecule has 4 rings (SSSR count). The molecule has 1 atom stereocenters. The van der Waals surface area contributed by atoms with Crippen molar-refractivity contribution in [3.63, 3.8) is 0 Å². The molecule has 2 N–H and O–H groups in total. The summed E-state index contributed by atoms with van der Waals surface area (Å²) in [5.41, 5.74) is 0.950. The van der Waals surface area contributed by atoms with Crippen LogP contribution in [0.4, 0.5) is 5.13 Å². The molecule has 1 fully saturated rings. The number of ether oxygens (including phenoxy) is 2. The van der Waals surface area contributed by atoms with Crippen molar-refractivity contribution in [1.29, 1.82) is 0 Å². The number of amides is 1. The number of hydrogen-bond acceptors (Lipinski definition) is 9. The molecule has 2 aromatic carbocycles. The van der Waals surface area contributed by atoms with Gasteiger partial charge in [0.2, 0.25) is 0 Å². The summed E-state index contributed by atoms with van der Waals surface area (Å²) in [6.07, 6.45) is 1.60. The topological polar surface area (TPSA) is 126 Å². The number of ketones is 1.